The van der Waals surface area contributed by atoms with Gasteiger partial charge in [-0.05, 0) is 54.1 Å². The van der Waals surface area contributed by atoms with Gasteiger partial charge in [-0.2, -0.15) is 0 Å². The van der Waals surface area contributed by atoms with E-state index in [1.54, 1.807) is 12.1 Å². The zero-order valence-corrected chi connectivity index (χ0v) is 23.1. The largest absolute Gasteiger partial charge is 0.508 e. The highest BCUT2D eigenvalue weighted by Gasteiger charge is 2.43. The van der Waals surface area contributed by atoms with Gasteiger partial charge in [0.2, 0.25) is 5.75 Å². The van der Waals surface area contributed by atoms with Crippen molar-refractivity contribution < 1.29 is 43.6 Å². The Balaban J connectivity index is 1.48. The standard InChI is InChI=1S/C28H27N3O9S/c1-38-20-12-17(13-21(39-2)24(20)40-3)25(35)29-18-8-4-15(5-9-18)26(36)30-31-27(37)22(14-23(33)34)41-28(31)16-6-10-19(32)11-7-16/h4-13,22,28,32H,14H2,1-3H3,(H,29,35)(H,30,36)(H,33,34). The van der Waals surface area contributed by atoms with Gasteiger partial charge in [0, 0.05) is 16.8 Å². The third kappa shape index (κ3) is 6.47. The number of aliphatic carboxylic acids is 1. The molecule has 214 valence electrons. The van der Waals surface area contributed by atoms with Gasteiger partial charge < -0.3 is 29.7 Å². The van der Waals surface area contributed by atoms with Crippen LogP contribution in [0.3, 0.4) is 0 Å². The van der Waals surface area contributed by atoms with Crippen molar-refractivity contribution in [1.82, 2.24) is 10.4 Å². The fraction of sp³-hybridized carbons (Fsp3) is 0.214. The van der Waals surface area contributed by atoms with E-state index < -0.39 is 40.7 Å². The van der Waals surface area contributed by atoms with E-state index >= 15 is 0 Å². The molecule has 3 amide bonds. The number of nitrogens with zero attached hydrogens (tertiary/aromatic N) is 1. The topological polar surface area (TPSA) is 164 Å². The number of carboxylic acids is 1. The molecule has 0 radical (unpaired) electrons. The highest BCUT2D eigenvalue weighted by Crippen LogP contribution is 2.43. The molecule has 1 aliphatic heterocycles. The van der Waals surface area contributed by atoms with Gasteiger partial charge in [-0.1, -0.05) is 12.1 Å². The average Bonchev–Trinajstić information content (AvgIpc) is 3.26. The van der Waals surface area contributed by atoms with E-state index in [0.29, 0.717) is 28.5 Å². The lowest BCUT2D eigenvalue weighted by Crippen LogP contribution is -2.46. The Kier molecular flexibility index (Phi) is 8.87. The normalized spacial score (nSPS) is 16.2. The fourth-order valence-electron chi connectivity index (χ4n) is 4.11. The van der Waals surface area contributed by atoms with Crippen LogP contribution < -0.4 is 25.0 Å². The van der Waals surface area contributed by atoms with Crippen molar-refractivity contribution in [2.24, 2.45) is 0 Å². The number of hydrogen-bond acceptors (Lipinski definition) is 9. The monoisotopic (exact) mass is 581 g/mol. The molecule has 12 nitrogen and oxygen atoms in total. The van der Waals surface area contributed by atoms with Crippen LogP contribution in [0.15, 0.2) is 60.7 Å². The maximum atomic E-state index is 13.1. The third-order valence-electron chi connectivity index (χ3n) is 6.13. The van der Waals surface area contributed by atoms with E-state index in [0.717, 1.165) is 16.8 Å². The van der Waals surface area contributed by atoms with Gasteiger partial charge in [0.25, 0.3) is 17.7 Å². The molecule has 0 spiro atoms. The summed E-state index contributed by atoms with van der Waals surface area (Å²) in [6, 6.07) is 15.1. The summed E-state index contributed by atoms with van der Waals surface area (Å²) in [6.45, 7) is 0. The molecular formula is C28H27N3O9S. The molecule has 1 saturated heterocycles. The second-order valence-electron chi connectivity index (χ2n) is 8.76. The lowest BCUT2D eigenvalue weighted by atomic mass is 10.1. The zero-order chi connectivity index (χ0) is 29.7. The predicted molar refractivity (Wildman–Crippen MR) is 149 cm³/mol. The van der Waals surface area contributed by atoms with Crippen LogP contribution in [0, 0.1) is 0 Å². The number of aromatic hydroxyl groups is 1. The van der Waals surface area contributed by atoms with Gasteiger partial charge in [-0.25, -0.2) is 5.01 Å². The Morgan fingerprint density at radius 2 is 1.49 bits per heavy atom. The summed E-state index contributed by atoms with van der Waals surface area (Å²) in [5.41, 5.74) is 4.02. The van der Waals surface area contributed by atoms with Gasteiger partial charge in [-0.15, -0.1) is 11.8 Å². The summed E-state index contributed by atoms with van der Waals surface area (Å²) in [5, 5.41) is 21.1. The summed E-state index contributed by atoms with van der Waals surface area (Å²) in [4.78, 5) is 50.2. The van der Waals surface area contributed by atoms with Gasteiger partial charge in [-0.3, -0.25) is 24.6 Å². The number of benzene rings is 3. The number of ether oxygens (including phenoxy) is 3. The number of methoxy groups -OCH3 is 3. The first-order valence-electron chi connectivity index (χ1n) is 12.2. The number of carbonyl (C=O) groups excluding carboxylic acids is 3. The summed E-state index contributed by atoms with van der Waals surface area (Å²) >= 11 is 1.09. The number of anilines is 1. The van der Waals surface area contributed by atoms with E-state index in [2.05, 4.69) is 10.7 Å². The number of hydrogen-bond donors (Lipinski definition) is 4. The van der Waals surface area contributed by atoms with Gasteiger partial charge in [0.1, 0.15) is 11.1 Å². The Morgan fingerprint density at radius 1 is 0.878 bits per heavy atom. The molecule has 0 bridgehead atoms. The van der Waals surface area contributed by atoms with Crippen LogP contribution in [0.5, 0.6) is 23.0 Å². The number of phenols is 1. The molecule has 2 atom stereocenters. The molecule has 1 aliphatic rings. The van der Waals surface area contributed by atoms with Crippen LogP contribution in [0.25, 0.3) is 0 Å². The van der Waals surface area contributed by atoms with E-state index in [9.17, 15) is 29.4 Å². The Morgan fingerprint density at radius 3 is 2.02 bits per heavy atom. The summed E-state index contributed by atoms with van der Waals surface area (Å²) in [5.74, 6) is -1.76. The molecule has 1 fully saturated rings. The summed E-state index contributed by atoms with van der Waals surface area (Å²) in [6.07, 6.45) is -0.412. The average molecular weight is 582 g/mol. The van der Waals surface area contributed by atoms with Gasteiger partial charge in [0.05, 0.1) is 33.0 Å². The summed E-state index contributed by atoms with van der Waals surface area (Å²) < 4.78 is 15.9. The van der Waals surface area contributed by atoms with Crippen molar-refractivity contribution in [2.45, 2.75) is 17.0 Å². The highest BCUT2D eigenvalue weighted by atomic mass is 32.2. The maximum Gasteiger partial charge on any atom is 0.305 e. The molecule has 41 heavy (non-hydrogen) atoms. The van der Waals surface area contributed by atoms with Gasteiger partial charge >= 0.3 is 5.97 Å². The van der Waals surface area contributed by atoms with E-state index in [1.165, 1.54) is 69.9 Å². The predicted octanol–water partition coefficient (Wildman–Crippen LogP) is 3.43. The van der Waals surface area contributed by atoms with E-state index in [1.807, 2.05) is 0 Å². The smallest absolute Gasteiger partial charge is 0.305 e. The molecule has 0 aromatic heterocycles. The van der Waals surface area contributed by atoms with E-state index in [4.69, 9.17) is 14.2 Å². The van der Waals surface area contributed by atoms with E-state index in [-0.39, 0.29) is 16.9 Å². The minimum Gasteiger partial charge on any atom is -0.508 e. The van der Waals surface area contributed by atoms with Crippen LogP contribution in [-0.2, 0) is 9.59 Å². The molecular weight excluding hydrogens is 554 g/mol. The Labute approximate surface area is 239 Å². The lowest BCUT2D eigenvalue weighted by Gasteiger charge is -2.24. The van der Waals surface area contributed by atoms with Crippen molar-refractivity contribution in [3.05, 3.63) is 77.4 Å². The van der Waals surface area contributed by atoms with Crippen LogP contribution in [0.1, 0.15) is 38.1 Å². The van der Waals surface area contributed by atoms with Crippen molar-refractivity contribution >= 4 is 41.1 Å². The molecule has 3 aromatic carbocycles. The molecule has 2 unspecified atom stereocenters. The van der Waals surface area contributed by atoms with Crippen molar-refractivity contribution in [3.63, 3.8) is 0 Å². The SMILES string of the molecule is COc1cc(C(=O)Nc2ccc(C(=O)NN3C(=O)C(CC(=O)O)SC3c3ccc(O)cc3)cc2)cc(OC)c1OC. The molecule has 1 heterocycles. The Hall–Kier alpha value is -4.91. The number of phenolic OH excluding ortho intramolecular Hbond substituents is 1. The zero-order valence-electron chi connectivity index (χ0n) is 22.2. The number of rotatable bonds is 10. The number of hydrazine groups is 1. The first-order valence-corrected chi connectivity index (χ1v) is 13.1. The van der Waals surface area contributed by atoms with Crippen molar-refractivity contribution in [3.8, 4) is 23.0 Å². The second-order valence-corrected chi connectivity index (χ2v) is 10.0. The Bertz CT molecular complexity index is 1440. The third-order valence-corrected chi connectivity index (χ3v) is 7.57. The number of amides is 3. The quantitative estimate of drug-likeness (QED) is 0.279. The number of thioether (sulfide) groups is 1. The van der Waals surface area contributed by atoms with Crippen LogP contribution in [0.4, 0.5) is 5.69 Å². The lowest BCUT2D eigenvalue weighted by molar-refractivity contribution is -0.140. The fourth-order valence-corrected chi connectivity index (χ4v) is 5.49. The second kappa shape index (κ2) is 12.5. The minimum absolute atomic E-state index is 0.0261. The maximum absolute atomic E-state index is 13.1. The highest BCUT2D eigenvalue weighted by molar-refractivity contribution is 8.01. The van der Waals surface area contributed by atoms with Crippen LogP contribution in [0.2, 0.25) is 0 Å². The number of carbonyl (C=O) groups is 4. The van der Waals surface area contributed by atoms with Crippen molar-refractivity contribution in [1.29, 1.82) is 0 Å². The molecule has 0 saturated carbocycles. The molecule has 4 N–H and O–H groups in total. The van der Waals surface area contributed by atoms with Crippen LogP contribution >= 0.6 is 11.8 Å². The number of nitrogens with one attached hydrogen (secondary N) is 2. The molecule has 13 heteroatoms. The van der Waals surface area contributed by atoms with Gasteiger partial charge in [0.15, 0.2) is 11.5 Å². The molecule has 3 aromatic rings. The first-order chi connectivity index (χ1) is 19.6. The summed E-state index contributed by atoms with van der Waals surface area (Å²) in [7, 11) is 4.34. The number of carboxylic acid groups (broad SMARTS) is 1. The minimum atomic E-state index is -1.14. The molecule has 4 rings (SSSR count). The molecule has 0 aliphatic carbocycles. The first kappa shape index (κ1) is 29.1. The van der Waals surface area contributed by atoms with Crippen LogP contribution in [-0.4, -0.2) is 65.5 Å². The van der Waals surface area contributed by atoms with Crippen molar-refractivity contribution in [2.75, 3.05) is 26.6 Å².